The van der Waals surface area contributed by atoms with Crippen molar-refractivity contribution >= 4 is 5.91 Å². The van der Waals surface area contributed by atoms with Crippen molar-refractivity contribution in [1.82, 2.24) is 5.32 Å². The molecule has 1 amide bonds. The molecule has 2 aromatic rings. The highest BCUT2D eigenvalue weighted by molar-refractivity contribution is 5.78. The van der Waals surface area contributed by atoms with E-state index in [1.807, 2.05) is 13.8 Å². The molecule has 0 aliphatic heterocycles. The fourth-order valence-electron chi connectivity index (χ4n) is 2.25. The Morgan fingerprint density at radius 1 is 1.17 bits per heavy atom. The highest BCUT2D eigenvalue weighted by Crippen LogP contribution is 2.18. The molecule has 24 heavy (non-hydrogen) atoms. The average molecular weight is 331 g/mol. The predicted octanol–water partition coefficient (Wildman–Crippen LogP) is 3.01. The van der Waals surface area contributed by atoms with Crippen LogP contribution in [0.3, 0.4) is 0 Å². The molecule has 1 unspecified atom stereocenters. The van der Waals surface area contributed by atoms with Gasteiger partial charge in [0.15, 0.2) is 0 Å². The molecule has 128 valence electrons. The van der Waals surface area contributed by atoms with E-state index in [0.717, 1.165) is 5.75 Å². The molecular formula is C19H22FNO3. The number of carbonyl (C=O) groups excluding carboxylic acids is 1. The molecule has 2 N–H and O–H groups in total. The molecule has 0 aliphatic carbocycles. The lowest BCUT2D eigenvalue weighted by molar-refractivity contribution is -0.120. The summed E-state index contributed by atoms with van der Waals surface area (Å²) in [6, 6.07) is 13.2. The Balaban J connectivity index is 1.85. The zero-order valence-corrected chi connectivity index (χ0v) is 13.8. The van der Waals surface area contributed by atoms with E-state index in [-0.39, 0.29) is 25.0 Å². The van der Waals surface area contributed by atoms with Crippen LogP contribution in [0.5, 0.6) is 5.75 Å². The fourth-order valence-corrected chi connectivity index (χ4v) is 2.25. The fraction of sp³-hybridized carbons (Fsp3) is 0.316. The predicted molar refractivity (Wildman–Crippen MR) is 90.3 cm³/mol. The molecule has 0 aliphatic rings. The van der Waals surface area contributed by atoms with Crippen LogP contribution in [0, 0.1) is 5.82 Å². The maximum atomic E-state index is 13.5. The van der Waals surface area contributed by atoms with E-state index in [1.165, 1.54) is 6.07 Å². The highest BCUT2D eigenvalue weighted by Gasteiger charge is 2.12. The molecule has 0 spiro atoms. The second-order valence-corrected chi connectivity index (χ2v) is 5.82. The highest BCUT2D eigenvalue weighted by atomic mass is 19.1. The minimum absolute atomic E-state index is 0.0550. The number of nitrogens with one attached hydrogen (secondary N) is 1. The SMILES string of the molecule is CC(C)Oc1ccc(C(O)CNC(=O)Cc2ccccc2F)cc1. The van der Waals surface area contributed by atoms with E-state index in [4.69, 9.17) is 4.74 Å². The summed E-state index contributed by atoms with van der Waals surface area (Å²) in [5.74, 6) is -0.0163. The molecule has 5 heteroatoms. The lowest BCUT2D eigenvalue weighted by Gasteiger charge is -2.14. The first-order valence-corrected chi connectivity index (χ1v) is 7.90. The monoisotopic (exact) mass is 331 g/mol. The third-order valence-corrected chi connectivity index (χ3v) is 3.44. The molecule has 0 fully saturated rings. The Morgan fingerprint density at radius 3 is 2.46 bits per heavy atom. The summed E-state index contributed by atoms with van der Waals surface area (Å²) in [5, 5.41) is 12.7. The molecule has 2 aromatic carbocycles. The first-order valence-electron chi connectivity index (χ1n) is 7.90. The summed E-state index contributed by atoms with van der Waals surface area (Å²) in [6.07, 6.45) is -0.804. The molecule has 0 radical (unpaired) electrons. The minimum atomic E-state index is -0.831. The van der Waals surface area contributed by atoms with Gasteiger partial charge < -0.3 is 15.2 Å². The average Bonchev–Trinajstić information content (AvgIpc) is 2.55. The maximum absolute atomic E-state index is 13.5. The van der Waals surface area contributed by atoms with Gasteiger partial charge in [-0.25, -0.2) is 4.39 Å². The van der Waals surface area contributed by atoms with Crippen molar-refractivity contribution in [1.29, 1.82) is 0 Å². The van der Waals surface area contributed by atoms with Gasteiger partial charge in [-0.05, 0) is 43.2 Å². The van der Waals surface area contributed by atoms with Crippen LogP contribution in [-0.2, 0) is 11.2 Å². The van der Waals surface area contributed by atoms with Crippen molar-refractivity contribution in [2.75, 3.05) is 6.54 Å². The quantitative estimate of drug-likeness (QED) is 0.820. The smallest absolute Gasteiger partial charge is 0.224 e. The number of carbonyl (C=O) groups is 1. The maximum Gasteiger partial charge on any atom is 0.224 e. The number of aliphatic hydroxyl groups excluding tert-OH is 1. The van der Waals surface area contributed by atoms with Crippen LogP contribution >= 0.6 is 0 Å². The molecular weight excluding hydrogens is 309 g/mol. The molecule has 0 saturated heterocycles. The molecule has 4 nitrogen and oxygen atoms in total. The van der Waals surface area contributed by atoms with Gasteiger partial charge in [0.05, 0.1) is 18.6 Å². The normalized spacial score (nSPS) is 12.0. The summed E-state index contributed by atoms with van der Waals surface area (Å²) in [4.78, 5) is 11.9. The van der Waals surface area contributed by atoms with Crippen LogP contribution in [0.2, 0.25) is 0 Å². The van der Waals surface area contributed by atoms with E-state index >= 15 is 0 Å². The van der Waals surface area contributed by atoms with E-state index in [9.17, 15) is 14.3 Å². The molecule has 0 aromatic heterocycles. The third kappa shape index (κ3) is 5.35. The van der Waals surface area contributed by atoms with Crippen molar-refractivity contribution in [3.63, 3.8) is 0 Å². The van der Waals surface area contributed by atoms with Gasteiger partial charge in [0.2, 0.25) is 5.91 Å². The second-order valence-electron chi connectivity index (χ2n) is 5.82. The van der Waals surface area contributed by atoms with E-state index in [2.05, 4.69) is 5.32 Å². The number of amides is 1. The number of aliphatic hydroxyl groups is 1. The number of halogens is 1. The summed E-state index contributed by atoms with van der Waals surface area (Å²) >= 11 is 0. The number of hydrogen-bond donors (Lipinski definition) is 2. The minimum Gasteiger partial charge on any atom is -0.491 e. The number of ether oxygens (including phenoxy) is 1. The first kappa shape index (κ1) is 17.9. The Kier molecular flexibility index (Phi) is 6.32. The molecule has 2 rings (SSSR count). The van der Waals surface area contributed by atoms with Crippen LogP contribution in [0.15, 0.2) is 48.5 Å². The van der Waals surface area contributed by atoms with Crippen LogP contribution in [0.1, 0.15) is 31.1 Å². The van der Waals surface area contributed by atoms with Crippen molar-refractivity contribution in [2.24, 2.45) is 0 Å². The van der Waals surface area contributed by atoms with Crippen molar-refractivity contribution in [3.8, 4) is 5.75 Å². The second kappa shape index (κ2) is 8.45. The Labute approximate surface area is 141 Å². The number of hydrogen-bond acceptors (Lipinski definition) is 3. The Morgan fingerprint density at radius 2 is 1.83 bits per heavy atom. The zero-order chi connectivity index (χ0) is 17.5. The van der Waals surface area contributed by atoms with Gasteiger partial charge in [0, 0.05) is 6.54 Å². The third-order valence-electron chi connectivity index (χ3n) is 3.44. The lowest BCUT2D eigenvalue weighted by atomic mass is 10.1. The van der Waals surface area contributed by atoms with Gasteiger partial charge in [0.1, 0.15) is 11.6 Å². The van der Waals surface area contributed by atoms with Crippen molar-refractivity contribution in [2.45, 2.75) is 32.5 Å². The zero-order valence-electron chi connectivity index (χ0n) is 13.8. The Bertz CT molecular complexity index is 671. The van der Waals surface area contributed by atoms with Gasteiger partial charge in [0.25, 0.3) is 0 Å². The summed E-state index contributed by atoms with van der Waals surface area (Å²) in [5.41, 5.74) is 1.01. The topological polar surface area (TPSA) is 58.6 Å². The van der Waals surface area contributed by atoms with Crippen LogP contribution < -0.4 is 10.1 Å². The van der Waals surface area contributed by atoms with Gasteiger partial charge in [-0.3, -0.25) is 4.79 Å². The molecule has 0 heterocycles. The summed E-state index contributed by atoms with van der Waals surface area (Å²) in [7, 11) is 0. The lowest BCUT2D eigenvalue weighted by Crippen LogP contribution is -2.29. The van der Waals surface area contributed by atoms with Gasteiger partial charge in [-0.15, -0.1) is 0 Å². The molecule has 0 bridgehead atoms. The summed E-state index contributed by atoms with van der Waals surface area (Å²) in [6.45, 7) is 3.94. The first-order chi connectivity index (χ1) is 11.5. The van der Waals surface area contributed by atoms with E-state index < -0.39 is 11.9 Å². The largest absolute Gasteiger partial charge is 0.491 e. The Hall–Kier alpha value is -2.40. The molecule has 0 saturated carbocycles. The summed E-state index contributed by atoms with van der Waals surface area (Å²) < 4.78 is 19.0. The number of benzene rings is 2. The van der Waals surface area contributed by atoms with Gasteiger partial charge in [-0.2, -0.15) is 0 Å². The van der Waals surface area contributed by atoms with E-state index in [0.29, 0.717) is 11.1 Å². The standard InChI is InChI=1S/C19H22FNO3/c1-13(2)24-16-9-7-14(8-10-16)18(22)12-21-19(23)11-15-5-3-4-6-17(15)20/h3-10,13,18,22H,11-12H2,1-2H3,(H,21,23). The molecule has 1 atom stereocenters. The van der Waals surface area contributed by atoms with Gasteiger partial charge >= 0.3 is 0 Å². The van der Waals surface area contributed by atoms with Crippen LogP contribution in [0.4, 0.5) is 4.39 Å². The van der Waals surface area contributed by atoms with E-state index in [1.54, 1.807) is 42.5 Å². The van der Waals surface area contributed by atoms with Crippen LogP contribution in [0.25, 0.3) is 0 Å². The van der Waals surface area contributed by atoms with Crippen molar-refractivity contribution < 1.29 is 19.0 Å². The van der Waals surface area contributed by atoms with Gasteiger partial charge in [-0.1, -0.05) is 30.3 Å². The number of rotatable bonds is 7. The van der Waals surface area contributed by atoms with Crippen molar-refractivity contribution in [3.05, 3.63) is 65.5 Å². The van der Waals surface area contributed by atoms with Crippen LogP contribution in [-0.4, -0.2) is 23.7 Å².